The van der Waals surface area contributed by atoms with E-state index in [-0.39, 0.29) is 0 Å². The Morgan fingerprint density at radius 1 is 0.905 bits per heavy atom. The summed E-state index contributed by atoms with van der Waals surface area (Å²) in [5.41, 5.74) is 0. The van der Waals surface area contributed by atoms with Gasteiger partial charge in [-0.15, -0.1) is 0 Å². The van der Waals surface area contributed by atoms with Crippen LogP contribution in [0.5, 0.6) is 0 Å². The molecule has 21 heavy (non-hydrogen) atoms. The summed E-state index contributed by atoms with van der Waals surface area (Å²) in [4.78, 5) is 4.94. The minimum atomic E-state index is 0.824. The Morgan fingerprint density at radius 2 is 1.52 bits per heavy atom. The molecular weight excluding hydrogens is 262 g/mol. The Balaban J connectivity index is 2.34. The van der Waals surface area contributed by atoms with Crippen LogP contribution in [-0.4, -0.2) is 49.1 Å². The van der Waals surface area contributed by atoms with Crippen molar-refractivity contribution in [2.24, 2.45) is 0 Å². The third kappa shape index (κ3) is 7.11. The lowest BCUT2D eigenvalue weighted by molar-refractivity contribution is 0.224. The van der Waals surface area contributed by atoms with Crippen LogP contribution in [0.2, 0.25) is 0 Å². The molecule has 4 nitrogen and oxygen atoms in total. The SMILES string of the molecule is CCNCc1ccc(CN(CC)CCCN(CC)CC)o1. The van der Waals surface area contributed by atoms with Gasteiger partial charge in [0.25, 0.3) is 0 Å². The molecule has 1 aromatic heterocycles. The van der Waals surface area contributed by atoms with Crippen molar-refractivity contribution in [1.82, 2.24) is 15.1 Å². The summed E-state index contributed by atoms with van der Waals surface area (Å²) in [6.45, 7) is 17.2. The Morgan fingerprint density at radius 3 is 2.14 bits per heavy atom. The Bertz CT molecular complexity index is 361. The number of hydrogen-bond donors (Lipinski definition) is 1. The van der Waals surface area contributed by atoms with Gasteiger partial charge < -0.3 is 14.6 Å². The first kappa shape index (κ1) is 18.2. The molecule has 0 amide bonds. The van der Waals surface area contributed by atoms with Crippen LogP contribution in [0, 0.1) is 0 Å². The van der Waals surface area contributed by atoms with Crippen LogP contribution in [0.25, 0.3) is 0 Å². The van der Waals surface area contributed by atoms with Gasteiger partial charge in [-0.05, 0) is 57.8 Å². The molecule has 0 saturated heterocycles. The topological polar surface area (TPSA) is 31.6 Å². The molecule has 122 valence electrons. The van der Waals surface area contributed by atoms with E-state index in [1.54, 1.807) is 0 Å². The van der Waals surface area contributed by atoms with Crippen LogP contribution in [0.4, 0.5) is 0 Å². The summed E-state index contributed by atoms with van der Waals surface area (Å²) in [6.07, 6.45) is 1.22. The molecule has 0 aliphatic carbocycles. The average Bonchev–Trinajstić information content (AvgIpc) is 2.95. The lowest BCUT2D eigenvalue weighted by atomic mass is 10.3. The van der Waals surface area contributed by atoms with E-state index in [1.807, 2.05) is 0 Å². The summed E-state index contributed by atoms with van der Waals surface area (Å²) in [7, 11) is 0. The largest absolute Gasteiger partial charge is 0.463 e. The molecule has 0 radical (unpaired) electrons. The number of nitrogens with zero attached hydrogens (tertiary/aromatic N) is 2. The highest BCUT2D eigenvalue weighted by atomic mass is 16.3. The van der Waals surface area contributed by atoms with Crippen molar-refractivity contribution >= 4 is 0 Å². The van der Waals surface area contributed by atoms with Crippen molar-refractivity contribution in [2.45, 2.75) is 47.2 Å². The molecule has 0 unspecified atom stereocenters. The predicted molar refractivity (Wildman–Crippen MR) is 89.4 cm³/mol. The number of nitrogens with one attached hydrogen (secondary N) is 1. The highest BCUT2D eigenvalue weighted by Crippen LogP contribution is 2.11. The molecule has 0 saturated carbocycles. The van der Waals surface area contributed by atoms with Crippen LogP contribution < -0.4 is 5.32 Å². The number of furan rings is 1. The van der Waals surface area contributed by atoms with Gasteiger partial charge in [0, 0.05) is 0 Å². The maximum absolute atomic E-state index is 5.87. The zero-order chi connectivity index (χ0) is 15.5. The molecule has 0 atom stereocenters. The molecule has 0 aromatic carbocycles. The fraction of sp³-hybridized carbons (Fsp3) is 0.765. The normalized spacial score (nSPS) is 11.7. The van der Waals surface area contributed by atoms with Crippen LogP contribution in [-0.2, 0) is 13.1 Å². The first-order valence-corrected chi connectivity index (χ1v) is 8.46. The summed E-state index contributed by atoms with van der Waals surface area (Å²) in [5, 5.41) is 3.29. The van der Waals surface area contributed by atoms with E-state index < -0.39 is 0 Å². The van der Waals surface area contributed by atoms with Crippen molar-refractivity contribution < 1.29 is 4.42 Å². The highest BCUT2D eigenvalue weighted by molar-refractivity contribution is 5.07. The van der Waals surface area contributed by atoms with Gasteiger partial charge in [0.2, 0.25) is 0 Å². The standard InChI is InChI=1S/C17H33N3O/c1-5-18-14-16-10-11-17(21-16)15-20(8-4)13-9-12-19(6-2)7-3/h10-11,18H,5-9,12-15H2,1-4H3. The highest BCUT2D eigenvalue weighted by Gasteiger charge is 2.08. The second kappa shape index (κ2) is 10.8. The smallest absolute Gasteiger partial charge is 0.118 e. The number of rotatable bonds is 12. The lowest BCUT2D eigenvalue weighted by Crippen LogP contribution is -2.29. The second-order valence-electron chi connectivity index (χ2n) is 5.40. The molecule has 1 aromatic rings. The minimum absolute atomic E-state index is 0.824. The molecule has 0 aliphatic heterocycles. The van der Waals surface area contributed by atoms with Crippen molar-refractivity contribution in [2.75, 3.05) is 39.3 Å². The van der Waals surface area contributed by atoms with E-state index in [2.05, 4.69) is 54.9 Å². The first-order valence-electron chi connectivity index (χ1n) is 8.46. The van der Waals surface area contributed by atoms with E-state index in [4.69, 9.17) is 4.42 Å². The monoisotopic (exact) mass is 295 g/mol. The van der Waals surface area contributed by atoms with Gasteiger partial charge in [-0.1, -0.05) is 27.7 Å². The van der Waals surface area contributed by atoms with Gasteiger partial charge >= 0.3 is 0 Å². The van der Waals surface area contributed by atoms with Crippen LogP contribution in [0.1, 0.15) is 45.6 Å². The Hall–Kier alpha value is -0.840. The average molecular weight is 295 g/mol. The second-order valence-corrected chi connectivity index (χ2v) is 5.40. The molecule has 1 rings (SSSR count). The van der Waals surface area contributed by atoms with E-state index in [0.717, 1.165) is 57.3 Å². The van der Waals surface area contributed by atoms with Crippen molar-refractivity contribution in [3.8, 4) is 0 Å². The summed E-state index contributed by atoms with van der Waals surface area (Å²) in [6, 6.07) is 4.20. The molecular formula is C17H33N3O. The molecule has 4 heteroatoms. The quantitative estimate of drug-likeness (QED) is 0.642. The predicted octanol–water partition coefficient (Wildman–Crippen LogP) is 2.94. The zero-order valence-corrected chi connectivity index (χ0v) is 14.3. The molecule has 0 bridgehead atoms. The molecule has 1 heterocycles. The maximum atomic E-state index is 5.87. The first-order chi connectivity index (χ1) is 10.2. The van der Waals surface area contributed by atoms with Gasteiger partial charge in [0.05, 0.1) is 13.1 Å². The van der Waals surface area contributed by atoms with Gasteiger partial charge in [0.1, 0.15) is 11.5 Å². The van der Waals surface area contributed by atoms with Gasteiger partial charge in [-0.3, -0.25) is 4.90 Å². The third-order valence-corrected chi connectivity index (χ3v) is 3.94. The van der Waals surface area contributed by atoms with E-state index in [1.165, 1.54) is 13.0 Å². The van der Waals surface area contributed by atoms with Crippen molar-refractivity contribution in [3.05, 3.63) is 23.7 Å². The molecule has 1 N–H and O–H groups in total. The maximum Gasteiger partial charge on any atom is 0.118 e. The Kier molecular flexibility index (Phi) is 9.39. The summed E-state index contributed by atoms with van der Waals surface area (Å²) in [5.74, 6) is 2.11. The van der Waals surface area contributed by atoms with Crippen molar-refractivity contribution in [3.63, 3.8) is 0 Å². The molecule has 0 aliphatic rings. The molecule has 0 spiro atoms. The van der Waals surface area contributed by atoms with Gasteiger partial charge in [-0.2, -0.15) is 0 Å². The fourth-order valence-electron chi connectivity index (χ4n) is 2.48. The van der Waals surface area contributed by atoms with Crippen LogP contribution >= 0.6 is 0 Å². The van der Waals surface area contributed by atoms with Gasteiger partial charge in [0.15, 0.2) is 0 Å². The number of hydrogen-bond acceptors (Lipinski definition) is 4. The van der Waals surface area contributed by atoms with E-state index in [0.29, 0.717) is 0 Å². The van der Waals surface area contributed by atoms with E-state index >= 15 is 0 Å². The zero-order valence-electron chi connectivity index (χ0n) is 14.3. The van der Waals surface area contributed by atoms with Crippen LogP contribution in [0.15, 0.2) is 16.5 Å². The Labute approximate surface area is 130 Å². The summed E-state index contributed by atoms with van der Waals surface area (Å²) >= 11 is 0. The lowest BCUT2D eigenvalue weighted by Gasteiger charge is -2.22. The van der Waals surface area contributed by atoms with E-state index in [9.17, 15) is 0 Å². The third-order valence-electron chi connectivity index (χ3n) is 3.94. The van der Waals surface area contributed by atoms with Crippen LogP contribution in [0.3, 0.4) is 0 Å². The van der Waals surface area contributed by atoms with Gasteiger partial charge in [-0.25, -0.2) is 0 Å². The molecule has 0 fully saturated rings. The fourth-order valence-corrected chi connectivity index (χ4v) is 2.48. The minimum Gasteiger partial charge on any atom is -0.463 e. The summed E-state index contributed by atoms with van der Waals surface area (Å²) < 4.78 is 5.87. The van der Waals surface area contributed by atoms with Crippen molar-refractivity contribution in [1.29, 1.82) is 0 Å².